The Labute approximate surface area is 146 Å². The largest absolute Gasteiger partial charge is 0.282 e. The monoisotopic (exact) mass is 338 g/mol. The smallest absolute Gasteiger partial charge is 0.217 e. The summed E-state index contributed by atoms with van der Waals surface area (Å²) in [6.45, 7) is 1.66. The first-order chi connectivity index (χ1) is 11.7. The fourth-order valence-electron chi connectivity index (χ4n) is 2.15. The van der Waals surface area contributed by atoms with Crippen LogP contribution in [0.4, 0.5) is 0 Å². The molecule has 1 N–H and O–H groups in total. The quantitative estimate of drug-likeness (QED) is 0.747. The number of benzene rings is 1. The van der Waals surface area contributed by atoms with Gasteiger partial charge in [0, 0.05) is 25.9 Å². The molecule has 24 heavy (non-hydrogen) atoms. The van der Waals surface area contributed by atoms with Gasteiger partial charge in [0.15, 0.2) is 0 Å². The Morgan fingerprint density at radius 1 is 1.12 bits per heavy atom. The number of hydrogen-bond acceptors (Lipinski definition) is 5. The number of aromatic nitrogens is 3. The highest BCUT2D eigenvalue weighted by molar-refractivity contribution is 7.71. The van der Waals surface area contributed by atoms with Crippen LogP contribution < -0.4 is 0 Å². The summed E-state index contributed by atoms with van der Waals surface area (Å²) in [5.41, 5.74) is 1.08. The molecule has 0 spiro atoms. The maximum absolute atomic E-state index is 8.75. The highest BCUT2D eigenvalue weighted by Gasteiger charge is 2.07. The third-order valence-corrected chi connectivity index (χ3v) is 3.66. The molecule has 0 atom stereocenters. The predicted octanol–water partition coefficient (Wildman–Crippen LogP) is 3.20. The van der Waals surface area contributed by atoms with Crippen molar-refractivity contribution in [2.45, 2.75) is 19.5 Å². The number of nitrogens with one attached hydrogen (secondary N) is 1. The van der Waals surface area contributed by atoms with Crippen molar-refractivity contribution in [3.63, 3.8) is 0 Å². The first-order valence-electron chi connectivity index (χ1n) is 7.59. The van der Waals surface area contributed by atoms with Gasteiger partial charge in [0.05, 0.1) is 18.8 Å². The van der Waals surface area contributed by atoms with E-state index in [1.165, 1.54) is 0 Å². The standard InChI is InChI=1S/C17H18N6S/c18-10-4-12-22(13-5-11-19)14-23-17(24)20-16(21-23)9-8-15-6-2-1-3-7-15/h1-3,6-9H,4-5,12-14H2,(H,20,21,24). The van der Waals surface area contributed by atoms with Crippen molar-refractivity contribution in [1.29, 1.82) is 10.5 Å². The first kappa shape index (κ1) is 17.6. The zero-order valence-electron chi connectivity index (χ0n) is 13.2. The van der Waals surface area contributed by atoms with Crippen LogP contribution >= 0.6 is 12.2 Å². The number of H-pyrrole nitrogens is 1. The highest BCUT2D eigenvalue weighted by Crippen LogP contribution is 2.06. The van der Waals surface area contributed by atoms with Gasteiger partial charge in [-0.05, 0) is 23.9 Å². The molecule has 1 aromatic heterocycles. The number of aromatic amines is 1. The number of nitriles is 2. The summed E-state index contributed by atoms with van der Waals surface area (Å²) in [7, 11) is 0. The summed E-state index contributed by atoms with van der Waals surface area (Å²) in [6, 6.07) is 14.2. The van der Waals surface area contributed by atoms with E-state index in [1.807, 2.05) is 47.4 Å². The maximum Gasteiger partial charge on any atom is 0.217 e. The Kier molecular flexibility index (Phi) is 6.91. The van der Waals surface area contributed by atoms with Crippen LogP contribution in [0.2, 0.25) is 0 Å². The van der Waals surface area contributed by atoms with Crippen LogP contribution in [0.1, 0.15) is 24.2 Å². The second-order valence-corrected chi connectivity index (χ2v) is 5.50. The van der Waals surface area contributed by atoms with Crippen molar-refractivity contribution in [3.8, 4) is 12.1 Å². The average Bonchev–Trinajstić information content (AvgIpc) is 2.96. The van der Waals surface area contributed by atoms with E-state index >= 15 is 0 Å². The van der Waals surface area contributed by atoms with Crippen molar-refractivity contribution in [2.75, 3.05) is 13.1 Å². The first-order valence-corrected chi connectivity index (χ1v) is 8.00. The van der Waals surface area contributed by atoms with E-state index < -0.39 is 0 Å². The van der Waals surface area contributed by atoms with Gasteiger partial charge < -0.3 is 0 Å². The van der Waals surface area contributed by atoms with Crippen LogP contribution in [0, 0.1) is 27.4 Å². The molecule has 0 unspecified atom stereocenters. The minimum absolute atomic E-state index is 0.410. The Hall–Kier alpha value is -2.74. The second-order valence-electron chi connectivity index (χ2n) is 5.14. The zero-order chi connectivity index (χ0) is 17.2. The van der Waals surface area contributed by atoms with E-state index in [2.05, 4.69) is 22.2 Å². The number of nitrogens with zero attached hydrogens (tertiary/aromatic N) is 5. The second kappa shape index (κ2) is 9.41. The van der Waals surface area contributed by atoms with Crippen LogP contribution in [0.3, 0.4) is 0 Å². The molecule has 122 valence electrons. The lowest BCUT2D eigenvalue weighted by Crippen LogP contribution is -2.29. The Bertz CT molecular complexity index is 788. The van der Waals surface area contributed by atoms with Crippen molar-refractivity contribution in [1.82, 2.24) is 19.7 Å². The van der Waals surface area contributed by atoms with Crippen LogP contribution in [0.5, 0.6) is 0 Å². The van der Waals surface area contributed by atoms with Crippen LogP contribution in [-0.4, -0.2) is 32.8 Å². The van der Waals surface area contributed by atoms with E-state index in [4.69, 9.17) is 22.7 Å². The van der Waals surface area contributed by atoms with Gasteiger partial charge in [-0.2, -0.15) is 15.5 Å². The molecule has 0 aliphatic rings. The fraction of sp³-hybridized carbons (Fsp3) is 0.294. The number of hydrogen-bond donors (Lipinski definition) is 1. The van der Waals surface area contributed by atoms with E-state index in [0.717, 1.165) is 5.56 Å². The highest BCUT2D eigenvalue weighted by atomic mass is 32.1. The van der Waals surface area contributed by atoms with Gasteiger partial charge in [0.2, 0.25) is 4.77 Å². The van der Waals surface area contributed by atoms with Gasteiger partial charge in [0.25, 0.3) is 0 Å². The van der Waals surface area contributed by atoms with Gasteiger partial charge in [0.1, 0.15) is 5.82 Å². The Morgan fingerprint density at radius 3 is 2.42 bits per heavy atom. The molecule has 0 bridgehead atoms. The third kappa shape index (κ3) is 5.47. The van der Waals surface area contributed by atoms with Crippen molar-refractivity contribution in [3.05, 3.63) is 46.5 Å². The summed E-state index contributed by atoms with van der Waals surface area (Å²) in [5.74, 6) is 0.671. The van der Waals surface area contributed by atoms with Crippen LogP contribution in [-0.2, 0) is 6.67 Å². The molecule has 1 heterocycles. The van der Waals surface area contributed by atoms with Crippen molar-refractivity contribution in [2.24, 2.45) is 0 Å². The molecule has 0 amide bonds. The molecular weight excluding hydrogens is 320 g/mol. The summed E-state index contributed by atoms with van der Waals surface area (Å²) >= 11 is 5.28. The molecule has 2 aromatic rings. The van der Waals surface area contributed by atoms with Gasteiger partial charge >= 0.3 is 0 Å². The normalized spacial score (nSPS) is 10.8. The van der Waals surface area contributed by atoms with Gasteiger partial charge in [-0.1, -0.05) is 36.4 Å². The van der Waals surface area contributed by atoms with Gasteiger partial charge in [-0.3, -0.25) is 10.00 Å². The third-order valence-electron chi connectivity index (χ3n) is 3.35. The molecule has 0 saturated heterocycles. The van der Waals surface area contributed by atoms with E-state index in [9.17, 15) is 0 Å². The fourth-order valence-corrected chi connectivity index (χ4v) is 2.36. The van der Waals surface area contributed by atoms with Gasteiger partial charge in [-0.15, -0.1) is 0 Å². The molecule has 1 aromatic carbocycles. The summed E-state index contributed by atoms with van der Waals surface area (Å²) in [4.78, 5) is 6.32. The number of rotatable bonds is 8. The lowest BCUT2D eigenvalue weighted by atomic mass is 10.2. The van der Waals surface area contributed by atoms with E-state index in [1.54, 1.807) is 4.68 Å². The van der Waals surface area contributed by atoms with Crippen LogP contribution in [0.15, 0.2) is 30.3 Å². The Morgan fingerprint density at radius 2 is 1.79 bits per heavy atom. The molecule has 2 rings (SSSR count). The van der Waals surface area contributed by atoms with E-state index in [-0.39, 0.29) is 0 Å². The predicted molar refractivity (Wildman–Crippen MR) is 94.8 cm³/mol. The minimum atomic E-state index is 0.410. The lowest BCUT2D eigenvalue weighted by molar-refractivity contribution is 0.214. The maximum atomic E-state index is 8.75. The Balaban J connectivity index is 2.07. The van der Waals surface area contributed by atoms with E-state index in [0.29, 0.717) is 43.2 Å². The average molecular weight is 338 g/mol. The zero-order valence-corrected chi connectivity index (χ0v) is 14.0. The molecule has 6 nitrogen and oxygen atoms in total. The molecule has 0 saturated carbocycles. The molecule has 7 heteroatoms. The molecule has 0 fully saturated rings. The van der Waals surface area contributed by atoms with Crippen LogP contribution in [0.25, 0.3) is 12.2 Å². The SMILES string of the molecule is N#CCCN(CCC#N)Cn1[nH]c(C=Cc2ccccc2)nc1=S. The molecule has 0 aliphatic carbocycles. The summed E-state index contributed by atoms with van der Waals surface area (Å²) in [6.07, 6.45) is 4.65. The lowest BCUT2D eigenvalue weighted by Gasteiger charge is -2.19. The molecular formula is C17H18N6S. The van der Waals surface area contributed by atoms with Crippen molar-refractivity contribution < 1.29 is 0 Å². The summed E-state index contributed by atoms with van der Waals surface area (Å²) < 4.78 is 2.19. The molecule has 0 aliphatic heterocycles. The minimum Gasteiger partial charge on any atom is -0.282 e. The summed E-state index contributed by atoms with van der Waals surface area (Å²) in [5, 5.41) is 20.6. The molecule has 0 radical (unpaired) electrons. The topological polar surface area (TPSA) is 84.4 Å². The van der Waals surface area contributed by atoms with Crippen molar-refractivity contribution >= 4 is 24.4 Å². The van der Waals surface area contributed by atoms with Gasteiger partial charge in [-0.25, -0.2) is 4.68 Å².